The van der Waals surface area contributed by atoms with Crippen LogP contribution >= 0.6 is 23.4 Å². The molecule has 5 aromatic rings. The molecule has 0 saturated carbocycles. The van der Waals surface area contributed by atoms with Gasteiger partial charge >= 0.3 is 5.97 Å². The summed E-state index contributed by atoms with van der Waals surface area (Å²) in [7, 11) is 1.28. The molecule has 3 amide bonds. The minimum absolute atomic E-state index is 0.0131. The summed E-state index contributed by atoms with van der Waals surface area (Å²) in [6.45, 7) is 0. The fraction of sp³-hybridized carbons (Fsp3) is 0.0526. The van der Waals surface area contributed by atoms with Gasteiger partial charge < -0.3 is 20.7 Å². The van der Waals surface area contributed by atoms with E-state index in [1.165, 1.54) is 24.9 Å². The van der Waals surface area contributed by atoms with Crippen LogP contribution in [0, 0.1) is 0 Å². The Morgan fingerprint density at radius 1 is 0.750 bits per heavy atom. The maximum atomic E-state index is 13.7. The van der Waals surface area contributed by atoms with E-state index >= 15 is 0 Å². The lowest BCUT2D eigenvalue weighted by Crippen LogP contribution is -2.30. The number of carbonyl (C=O) groups excluding carboxylic acids is 4. The van der Waals surface area contributed by atoms with Crippen LogP contribution in [0.2, 0.25) is 5.02 Å². The second-order valence-corrected chi connectivity index (χ2v) is 11.9. The Hall–Kier alpha value is -5.64. The molecule has 240 valence electrons. The van der Waals surface area contributed by atoms with E-state index in [9.17, 15) is 19.2 Å². The summed E-state index contributed by atoms with van der Waals surface area (Å²) < 4.78 is 4.88. The van der Waals surface area contributed by atoms with Gasteiger partial charge in [0.25, 0.3) is 11.8 Å². The Morgan fingerprint density at radius 2 is 1.42 bits per heavy atom. The summed E-state index contributed by atoms with van der Waals surface area (Å²) in [5.41, 5.74) is 2.65. The first kappa shape index (κ1) is 33.7. The SMILES string of the molecule is COC(=O)c1ccccc1NC(=O)C(Sc1cccc(NC(=O)/C(=C\c2ccccc2Cl)NC(=O)c2ccccc2)c1)c1ccccc1. The number of hydrogen-bond donors (Lipinski definition) is 3. The van der Waals surface area contributed by atoms with Crippen molar-refractivity contribution in [3.8, 4) is 0 Å². The van der Waals surface area contributed by atoms with E-state index in [0.29, 0.717) is 32.4 Å². The summed E-state index contributed by atoms with van der Waals surface area (Å²) in [6, 6.07) is 38.4. The lowest BCUT2D eigenvalue weighted by Gasteiger charge is -2.19. The summed E-state index contributed by atoms with van der Waals surface area (Å²) in [5.74, 6) is -1.95. The molecule has 0 aromatic heterocycles. The molecule has 0 spiro atoms. The number of anilines is 2. The normalized spacial score (nSPS) is 11.6. The summed E-state index contributed by atoms with van der Waals surface area (Å²) >= 11 is 7.64. The Balaban J connectivity index is 1.39. The van der Waals surface area contributed by atoms with Crippen LogP contribution in [0.15, 0.2) is 144 Å². The van der Waals surface area contributed by atoms with Gasteiger partial charge in [-0.1, -0.05) is 96.5 Å². The fourth-order valence-electron chi connectivity index (χ4n) is 4.65. The Kier molecular flexibility index (Phi) is 11.4. The first-order chi connectivity index (χ1) is 23.3. The Bertz CT molecular complexity index is 1970. The van der Waals surface area contributed by atoms with E-state index in [2.05, 4.69) is 16.0 Å². The van der Waals surface area contributed by atoms with E-state index in [4.69, 9.17) is 16.3 Å². The molecule has 0 heterocycles. The van der Waals surface area contributed by atoms with Gasteiger partial charge in [0.2, 0.25) is 5.91 Å². The molecular weight excluding hydrogens is 646 g/mol. The third kappa shape index (κ3) is 8.79. The second kappa shape index (κ2) is 16.3. The molecule has 0 aliphatic carbocycles. The van der Waals surface area contributed by atoms with E-state index in [-0.39, 0.29) is 17.2 Å². The monoisotopic (exact) mass is 675 g/mol. The number of nitrogens with one attached hydrogen (secondary N) is 3. The van der Waals surface area contributed by atoms with Crippen molar-refractivity contribution in [2.24, 2.45) is 0 Å². The number of para-hydroxylation sites is 1. The van der Waals surface area contributed by atoms with E-state index in [1.807, 2.05) is 36.4 Å². The van der Waals surface area contributed by atoms with Crippen LogP contribution in [-0.4, -0.2) is 30.8 Å². The van der Waals surface area contributed by atoms with Gasteiger partial charge in [0.05, 0.1) is 18.4 Å². The third-order valence-electron chi connectivity index (χ3n) is 7.01. The lowest BCUT2D eigenvalue weighted by molar-refractivity contribution is -0.116. The van der Waals surface area contributed by atoms with Crippen LogP contribution in [0.3, 0.4) is 0 Å². The van der Waals surface area contributed by atoms with Crippen molar-refractivity contribution in [1.82, 2.24) is 5.32 Å². The second-order valence-electron chi connectivity index (χ2n) is 10.3. The molecule has 0 radical (unpaired) electrons. The number of rotatable bonds is 11. The number of halogens is 1. The van der Waals surface area contributed by atoms with Crippen LogP contribution in [0.4, 0.5) is 11.4 Å². The number of methoxy groups -OCH3 is 1. The lowest BCUT2D eigenvalue weighted by atomic mass is 10.1. The molecule has 0 aliphatic rings. The molecule has 48 heavy (non-hydrogen) atoms. The highest BCUT2D eigenvalue weighted by atomic mass is 35.5. The predicted octanol–water partition coefficient (Wildman–Crippen LogP) is 8.01. The molecule has 5 aromatic carbocycles. The van der Waals surface area contributed by atoms with Crippen molar-refractivity contribution in [2.45, 2.75) is 10.1 Å². The highest BCUT2D eigenvalue weighted by Gasteiger charge is 2.24. The minimum atomic E-state index is -0.719. The topological polar surface area (TPSA) is 114 Å². The zero-order valence-electron chi connectivity index (χ0n) is 25.7. The molecule has 0 fully saturated rings. The van der Waals surface area contributed by atoms with Gasteiger partial charge in [-0.25, -0.2) is 4.79 Å². The van der Waals surface area contributed by atoms with E-state index in [0.717, 1.165) is 5.56 Å². The van der Waals surface area contributed by atoms with Crippen molar-refractivity contribution >= 4 is 64.5 Å². The average molecular weight is 676 g/mol. The molecule has 8 nitrogen and oxygen atoms in total. The maximum Gasteiger partial charge on any atom is 0.339 e. The van der Waals surface area contributed by atoms with E-state index in [1.54, 1.807) is 97.1 Å². The average Bonchev–Trinajstić information content (AvgIpc) is 3.12. The van der Waals surface area contributed by atoms with Crippen LogP contribution in [-0.2, 0) is 14.3 Å². The van der Waals surface area contributed by atoms with Crippen molar-refractivity contribution in [1.29, 1.82) is 0 Å². The van der Waals surface area contributed by atoms with Gasteiger partial charge in [0.1, 0.15) is 10.9 Å². The number of amides is 3. The fourth-order valence-corrected chi connectivity index (χ4v) is 5.92. The van der Waals surface area contributed by atoms with Crippen LogP contribution in [0.1, 0.15) is 37.1 Å². The third-order valence-corrected chi connectivity index (χ3v) is 8.60. The highest BCUT2D eigenvalue weighted by Crippen LogP contribution is 2.37. The van der Waals surface area contributed by atoms with Crippen molar-refractivity contribution in [2.75, 3.05) is 17.7 Å². The van der Waals surface area contributed by atoms with Gasteiger partial charge in [0.15, 0.2) is 0 Å². The standard InChI is InChI=1S/C38H30ClN3O5S/c1-47-38(46)30-20-9-11-22-32(30)41-37(45)34(25-13-4-2-5-14-25)48-29-19-12-18-28(24-29)40-36(44)33(23-27-17-8-10-21-31(27)39)42-35(43)26-15-6-3-7-16-26/h2-24,34H,1H3,(H,40,44)(H,41,45)(H,42,43)/b33-23+. The van der Waals surface area contributed by atoms with Crippen LogP contribution in [0.5, 0.6) is 0 Å². The summed E-state index contributed by atoms with van der Waals surface area (Å²) in [6.07, 6.45) is 1.51. The van der Waals surface area contributed by atoms with Crippen molar-refractivity contribution in [3.05, 3.63) is 166 Å². The van der Waals surface area contributed by atoms with Gasteiger partial charge in [-0.15, -0.1) is 11.8 Å². The van der Waals surface area contributed by atoms with Crippen LogP contribution in [0.25, 0.3) is 6.08 Å². The molecule has 3 N–H and O–H groups in total. The first-order valence-electron chi connectivity index (χ1n) is 14.8. The molecule has 1 atom stereocenters. The molecule has 5 rings (SSSR count). The zero-order chi connectivity index (χ0) is 33.9. The number of ether oxygens (including phenoxy) is 1. The number of hydrogen-bond acceptors (Lipinski definition) is 6. The van der Waals surface area contributed by atoms with Gasteiger partial charge in [-0.05, 0) is 65.7 Å². The number of thioether (sulfide) groups is 1. The number of carbonyl (C=O) groups is 4. The summed E-state index contributed by atoms with van der Waals surface area (Å²) in [4.78, 5) is 53.4. The molecule has 0 saturated heterocycles. The molecule has 10 heteroatoms. The number of esters is 1. The minimum Gasteiger partial charge on any atom is -0.465 e. The number of benzene rings is 5. The van der Waals surface area contributed by atoms with Crippen LogP contribution < -0.4 is 16.0 Å². The van der Waals surface area contributed by atoms with Gasteiger partial charge in [-0.2, -0.15) is 0 Å². The molecule has 1 unspecified atom stereocenters. The zero-order valence-corrected chi connectivity index (χ0v) is 27.3. The van der Waals surface area contributed by atoms with Gasteiger partial charge in [-0.3, -0.25) is 14.4 Å². The first-order valence-corrected chi connectivity index (χ1v) is 16.0. The van der Waals surface area contributed by atoms with Gasteiger partial charge in [0, 0.05) is 21.2 Å². The Morgan fingerprint density at radius 3 is 2.15 bits per heavy atom. The highest BCUT2D eigenvalue weighted by molar-refractivity contribution is 8.00. The largest absolute Gasteiger partial charge is 0.465 e. The summed E-state index contributed by atoms with van der Waals surface area (Å²) in [5, 5.41) is 8.14. The molecule has 0 aliphatic heterocycles. The Labute approximate surface area is 287 Å². The van der Waals surface area contributed by atoms with Crippen molar-refractivity contribution < 1.29 is 23.9 Å². The molecule has 0 bridgehead atoms. The smallest absolute Gasteiger partial charge is 0.339 e. The van der Waals surface area contributed by atoms with Crippen molar-refractivity contribution in [3.63, 3.8) is 0 Å². The predicted molar refractivity (Wildman–Crippen MR) is 190 cm³/mol. The quantitative estimate of drug-likeness (QED) is 0.0743. The van der Waals surface area contributed by atoms with E-state index < -0.39 is 23.0 Å². The maximum absolute atomic E-state index is 13.7. The molecular formula is C38H30ClN3O5S.